The lowest BCUT2D eigenvalue weighted by molar-refractivity contribution is -0.152. The fourth-order valence-electron chi connectivity index (χ4n) is 5.35. The summed E-state index contributed by atoms with van der Waals surface area (Å²) in [5.41, 5.74) is 1.27. The molecule has 3 nitrogen and oxygen atoms in total. The van der Waals surface area contributed by atoms with Crippen LogP contribution in [0.4, 0.5) is 4.39 Å². The second-order valence-corrected chi connectivity index (χ2v) is 11.6. The summed E-state index contributed by atoms with van der Waals surface area (Å²) in [7, 11) is 0. The van der Waals surface area contributed by atoms with Gasteiger partial charge < -0.3 is 9.84 Å². The molecule has 5 heteroatoms. The van der Waals surface area contributed by atoms with E-state index in [-0.39, 0.29) is 23.3 Å². The molecule has 1 fully saturated rings. The first kappa shape index (κ1) is 26.6. The molecule has 33 heavy (non-hydrogen) atoms. The molecular formula is C28H38FIO3. The number of allylic oxidation sites excluding steroid dienone is 3. The minimum absolute atomic E-state index is 0.0422. The molecule has 1 heterocycles. The highest BCUT2D eigenvalue weighted by atomic mass is 127. The fraction of sp³-hybridized carbons (Fsp3) is 0.607. The first-order valence-corrected chi connectivity index (χ1v) is 13.8. The number of hydrogen-bond acceptors (Lipinski definition) is 3. The SMILES string of the molecule is CC1CC(c2ccccc2)OC(CCI)(CCCC(=O)C2=CC(F)=C(CC(C)(C)O)CC2)C1. The van der Waals surface area contributed by atoms with Gasteiger partial charge in [-0.05, 0) is 93.9 Å². The van der Waals surface area contributed by atoms with Crippen molar-refractivity contribution < 1.29 is 19.0 Å². The van der Waals surface area contributed by atoms with Gasteiger partial charge in [-0.25, -0.2) is 4.39 Å². The van der Waals surface area contributed by atoms with E-state index in [2.05, 4.69) is 53.8 Å². The van der Waals surface area contributed by atoms with E-state index in [0.717, 1.165) is 36.5 Å². The molecule has 0 bridgehead atoms. The van der Waals surface area contributed by atoms with Gasteiger partial charge in [0.25, 0.3) is 0 Å². The van der Waals surface area contributed by atoms with E-state index < -0.39 is 5.60 Å². The Kier molecular flexibility index (Phi) is 9.32. The summed E-state index contributed by atoms with van der Waals surface area (Å²) in [4.78, 5) is 12.8. The number of Topliss-reactive ketones (excluding diaryl/α,β-unsaturated/α-hetero) is 1. The van der Waals surface area contributed by atoms with Crippen LogP contribution in [0.2, 0.25) is 0 Å². The predicted molar refractivity (Wildman–Crippen MR) is 140 cm³/mol. The zero-order valence-electron chi connectivity index (χ0n) is 20.2. The minimum Gasteiger partial charge on any atom is -0.390 e. The predicted octanol–water partition coefficient (Wildman–Crippen LogP) is 7.58. The average Bonchev–Trinajstić information content (AvgIpc) is 2.74. The van der Waals surface area contributed by atoms with Crippen molar-refractivity contribution in [3.63, 3.8) is 0 Å². The van der Waals surface area contributed by atoms with Crippen molar-refractivity contribution >= 4 is 28.4 Å². The summed E-state index contributed by atoms with van der Waals surface area (Å²) >= 11 is 2.42. The Morgan fingerprint density at radius 2 is 1.97 bits per heavy atom. The number of alkyl halides is 1. The normalized spacial score (nSPS) is 26.3. The van der Waals surface area contributed by atoms with Crippen molar-refractivity contribution in [2.75, 3.05) is 4.43 Å². The van der Waals surface area contributed by atoms with Crippen molar-refractivity contribution in [2.24, 2.45) is 5.92 Å². The Morgan fingerprint density at radius 3 is 2.61 bits per heavy atom. The van der Waals surface area contributed by atoms with Crippen LogP contribution in [0, 0.1) is 5.92 Å². The number of ether oxygens (including phenoxy) is 1. The quantitative estimate of drug-likeness (QED) is 0.234. The molecule has 1 aromatic rings. The largest absolute Gasteiger partial charge is 0.390 e. The summed E-state index contributed by atoms with van der Waals surface area (Å²) < 4.78 is 22.3. The molecule has 3 atom stereocenters. The molecule has 1 aromatic carbocycles. The Hall–Kier alpha value is -1.05. The van der Waals surface area contributed by atoms with Crippen LogP contribution in [0.25, 0.3) is 0 Å². The van der Waals surface area contributed by atoms with Gasteiger partial charge in [-0.3, -0.25) is 4.79 Å². The molecular weight excluding hydrogens is 530 g/mol. The van der Waals surface area contributed by atoms with E-state index in [0.29, 0.717) is 42.7 Å². The van der Waals surface area contributed by atoms with E-state index in [4.69, 9.17) is 4.74 Å². The Balaban J connectivity index is 1.62. The third kappa shape index (κ3) is 7.72. The van der Waals surface area contributed by atoms with Crippen molar-refractivity contribution in [3.05, 3.63) is 58.9 Å². The topological polar surface area (TPSA) is 46.5 Å². The van der Waals surface area contributed by atoms with Crippen LogP contribution in [-0.4, -0.2) is 26.5 Å². The Bertz CT molecular complexity index is 871. The standard InChI is InChI=1S/C28H38FIO3/c1-20-16-26(21-8-5-4-6-9-21)33-28(18-20,14-15-30)13-7-10-25(31)22-11-12-23(24(29)17-22)19-27(2,3)32/h4-6,8-9,17,20,26,32H,7,10-16,18-19H2,1-3H3. The van der Waals surface area contributed by atoms with Crippen molar-refractivity contribution in [1.82, 2.24) is 0 Å². The van der Waals surface area contributed by atoms with Gasteiger partial charge in [-0.1, -0.05) is 59.8 Å². The van der Waals surface area contributed by atoms with Gasteiger partial charge >= 0.3 is 0 Å². The third-order valence-electron chi connectivity index (χ3n) is 6.83. The molecule has 1 saturated heterocycles. The molecule has 0 radical (unpaired) electrons. The average molecular weight is 569 g/mol. The maximum Gasteiger partial charge on any atom is 0.158 e. The number of ketones is 1. The highest BCUT2D eigenvalue weighted by Gasteiger charge is 2.40. The number of aliphatic hydroxyl groups is 1. The zero-order valence-corrected chi connectivity index (χ0v) is 22.4. The third-order valence-corrected chi connectivity index (χ3v) is 7.37. The highest BCUT2D eigenvalue weighted by molar-refractivity contribution is 14.1. The van der Waals surface area contributed by atoms with Crippen LogP contribution in [0.5, 0.6) is 0 Å². The van der Waals surface area contributed by atoms with E-state index in [1.165, 1.54) is 11.6 Å². The fourth-order valence-corrected chi connectivity index (χ4v) is 6.33. The van der Waals surface area contributed by atoms with Crippen LogP contribution in [-0.2, 0) is 9.53 Å². The Labute approximate surface area is 212 Å². The van der Waals surface area contributed by atoms with Crippen molar-refractivity contribution in [2.45, 2.75) is 95.9 Å². The molecule has 1 N–H and O–H groups in total. The minimum atomic E-state index is -0.941. The van der Waals surface area contributed by atoms with E-state index >= 15 is 0 Å². The zero-order chi connectivity index (χ0) is 24.1. The molecule has 3 unspecified atom stereocenters. The van der Waals surface area contributed by atoms with Crippen molar-refractivity contribution in [1.29, 1.82) is 0 Å². The van der Waals surface area contributed by atoms with Crippen LogP contribution in [0.1, 0.15) is 90.2 Å². The van der Waals surface area contributed by atoms with Gasteiger partial charge in [0.05, 0.1) is 17.3 Å². The van der Waals surface area contributed by atoms with Crippen LogP contribution in [0.3, 0.4) is 0 Å². The molecule has 1 aliphatic heterocycles. The summed E-state index contributed by atoms with van der Waals surface area (Å²) in [6.45, 7) is 5.67. The smallest absolute Gasteiger partial charge is 0.158 e. The summed E-state index contributed by atoms with van der Waals surface area (Å²) in [5.74, 6) is 0.265. The van der Waals surface area contributed by atoms with Crippen LogP contribution >= 0.6 is 22.6 Å². The summed E-state index contributed by atoms with van der Waals surface area (Å²) in [5, 5.41) is 9.98. The monoisotopic (exact) mass is 568 g/mol. The van der Waals surface area contributed by atoms with Crippen LogP contribution in [0.15, 0.2) is 53.4 Å². The van der Waals surface area contributed by atoms with Gasteiger partial charge in [0, 0.05) is 10.8 Å². The number of benzene rings is 1. The number of carbonyl (C=O) groups excluding carboxylic acids is 1. The van der Waals surface area contributed by atoms with Gasteiger partial charge in [0.2, 0.25) is 0 Å². The maximum atomic E-state index is 14.5. The van der Waals surface area contributed by atoms with E-state index in [9.17, 15) is 14.3 Å². The maximum absolute atomic E-state index is 14.5. The summed E-state index contributed by atoms with van der Waals surface area (Å²) in [6, 6.07) is 10.4. The first-order chi connectivity index (χ1) is 15.6. The molecule has 0 saturated carbocycles. The van der Waals surface area contributed by atoms with E-state index in [1.807, 2.05) is 6.07 Å². The van der Waals surface area contributed by atoms with Gasteiger partial charge in [0.15, 0.2) is 5.78 Å². The molecule has 1 aliphatic carbocycles. The van der Waals surface area contributed by atoms with Gasteiger partial charge in [0.1, 0.15) is 5.83 Å². The molecule has 3 rings (SSSR count). The lowest BCUT2D eigenvalue weighted by atomic mass is 9.78. The van der Waals surface area contributed by atoms with Gasteiger partial charge in [-0.2, -0.15) is 0 Å². The van der Waals surface area contributed by atoms with Gasteiger partial charge in [-0.15, -0.1) is 0 Å². The number of carbonyl (C=O) groups is 1. The molecule has 182 valence electrons. The number of hydrogen-bond donors (Lipinski definition) is 1. The van der Waals surface area contributed by atoms with E-state index in [1.54, 1.807) is 13.8 Å². The molecule has 0 aromatic heterocycles. The molecule has 0 amide bonds. The second-order valence-electron chi connectivity index (χ2n) is 10.6. The highest BCUT2D eigenvalue weighted by Crippen LogP contribution is 2.45. The lowest BCUT2D eigenvalue weighted by Crippen LogP contribution is -2.41. The molecule has 2 aliphatic rings. The molecule has 0 spiro atoms. The summed E-state index contributed by atoms with van der Waals surface area (Å²) in [6.07, 6.45) is 7.92. The first-order valence-electron chi connectivity index (χ1n) is 12.2. The lowest BCUT2D eigenvalue weighted by Gasteiger charge is -2.44. The van der Waals surface area contributed by atoms with Crippen LogP contribution < -0.4 is 0 Å². The number of rotatable bonds is 10. The van der Waals surface area contributed by atoms with Crippen molar-refractivity contribution in [3.8, 4) is 0 Å². The number of halogens is 2. The Morgan fingerprint density at radius 1 is 1.24 bits per heavy atom. The second kappa shape index (κ2) is 11.6.